The van der Waals surface area contributed by atoms with Crippen molar-refractivity contribution in [3.8, 4) is 0 Å². The van der Waals surface area contributed by atoms with Gasteiger partial charge >= 0.3 is 5.69 Å². The Morgan fingerprint density at radius 3 is 2.29 bits per heavy atom. The molecule has 4 aromatic rings. The molecular weight excluding hydrogens is 498 g/mol. The second-order valence-electron chi connectivity index (χ2n) is 10.1. The maximum Gasteiger partial charge on any atom is 0.331 e. The van der Waals surface area contributed by atoms with E-state index in [4.69, 9.17) is 11.6 Å². The maximum atomic E-state index is 13.6. The van der Waals surface area contributed by atoms with E-state index in [1.165, 1.54) is 10.1 Å². The summed E-state index contributed by atoms with van der Waals surface area (Å²) < 4.78 is 3.02. The molecule has 1 fully saturated rings. The molecule has 3 aromatic carbocycles. The van der Waals surface area contributed by atoms with Crippen LogP contribution >= 0.6 is 11.6 Å². The van der Waals surface area contributed by atoms with Crippen LogP contribution in [-0.4, -0.2) is 21.6 Å². The Morgan fingerprint density at radius 1 is 0.842 bits per heavy atom. The molecule has 38 heavy (non-hydrogen) atoms. The lowest BCUT2D eigenvalue weighted by Crippen LogP contribution is -2.42. The Morgan fingerprint density at radius 2 is 1.53 bits per heavy atom. The van der Waals surface area contributed by atoms with Crippen molar-refractivity contribution in [1.29, 1.82) is 0 Å². The summed E-state index contributed by atoms with van der Waals surface area (Å²) in [6.45, 7) is 1.27. The lowest BCUT2D eigenvalue weighted by molar-refractivity contribution is -0.126. The topological polar surface area (TPSA) is 73.1 Å². The Bertz CT molecular complexity index is 1540. The van der Waals surface area contributed by atoms with Gasteiger partial charge in [0.25, 0.3) is 5.56 Å². The minimum absolute atomic E-state index is 0.0211. The number of aromatic nitrogens is 2. The van der Waals surface area contributed by atoms with E-state index < -0.39 is 0 Å². The third kappa shape index (κ3) is 5.76. The van der Waals surface area contributed by atoms with E-state index in [0.717, 1.165) is 37.7 Å². The molecule has 1 aliphatic rings. The third-order valence-electron chi connectivity index (χ3n) is 7.63. The number of carbonyl (C=O) groups is 1. The van der Waals surface area contributed by atoms with Gasteiger partial charge in [0.1, 0.15) is 0 Å². The molecule has 1 saturated carbocycles. The molecular formula is C31H32ClN3O3. The number of nitrogens with one attached hydrogen (secondary N) is 1. The summed E-state index contributed by atoms with van der Waals surface area (Å²) in [6, 6.07) is 24.8. The Balaban J connectivity index is 1.27. The summed E-state index contributed by atoms with van der Waals surface area (Å²) >= 11 is 6.39. The number of fused-ring (bicyclic) bond motifs is 1. The highest BCUT2D eigenvalue weighted by Gasteiger charge is 2.27. The lowest BCUT2D eigenvalue weighted by atomic mass is 9.81. The van der Waals surface area contributed by atoms with Gasteiger partial charge < -0.3 is 5.32 Å². The smallest absolute Gasteiger partial charge is 0.331 e. The summed E-state index contributed by atoms with van der Waals surface area (Å²) in [5.41, 5.74) is 2.05. The molecule has 1 N–H and O–H groups in total. The van der Waals surface area contributed by atoms with Gasteiger partial charge in [-0.25, -0.2) is 4.79 Å². The number of halogens is 1. The number of carbonyl (C=O) groups excluding carboxylic acids is 1. The van der Waals surface area contributed by atoms with Crippen LogP contribution in [0.4, 0.5) is 0 Å². The number of nitrogens with zero attached hydrogens (tertiary/aromatic N) is 2. The van der Waals surface area contributed by atoms with Crippen molar-refractivity contribution in [2.75, 3.05) is 6.54 Å². The standard InChI is InChI=1S/C31H32ClN3O3/c32-27-12-6-4-10-25(27)21-34-28-13-7-5-11-26(28)30(37)35(31(34)38)20-23-14-16-24(17-15-23)29(36)33-19-18-22-8-2-1-3-9-22/h1-13,23-24H,14-21H2,(H,33,36). The molecule has 0 atom stereocenters. The van der Waals surface area contributed by atoms with E-state index in [1.54, 1.807) is 22.8 Å². The van der Waals surface area contributed by atoms with Gasteiger partial charge in [-0.3, -0.25) is 18.7 Å². The van der Waals surface area contributed by atoms with Crippen LogP contribution in [0.1, 0.15) is 36.8 Å². The van der Waals surface area contributed by atoms with Gasteiger partial charge in [0.15, 0.2) is 0 Å². The van der Waals surface area contributed by atoms with Gasteiger partial charge in [0.05, 0.1) is 17.4 Å². The van der Waals surface area contributed by atoms with Crippen molar-refractivity contribution in [2.24, 2.45) is 11.8 Å². The molecule has 1 amide bonds. The zero-order valence-electron chi connectivity index (χ0n) is 21.3. The summed E-state index contributed by atoms with van der Waals surface area (Å²) in [6.07, 6.45) is 3.95. The molecule has 6 nitrogen and oxygen atoms in total. The highest BCUT2D eigenvalue weighted by atomic mass is 35.5. The van der Waals surface area contributed by atoms with Crippen molar-refractivity contribution in [1.82, 2.24) is 14.5 Å². The zero-order chi connectivity index (χ0) is 26.5. The predicted molar refractivity (Wildman–Crippen MR) is 152 cm³/mol. The fourth-order valence-electron chi connectivity index (χ4n) is 5.47. The summed E-state index contributed by atoms with van der Waals surface area (Å²) in [5, 5.41) is 4.18. The predicted octanol–water partition coefficient (Wildman–Crippen LogP) is 5.03. The quantitative estimate of drug-likeness (QED) is 0.348. The highest BCUT2D eigenvalue weighted by Crippen LogP contribution is 2.30. The molecule has 0 unspecified atom stereocenters. The van der Waals surface area contributed by atoms with Crippen LogP contribution in [0, 0.1) is 11.8 Å². The van der Waals surface area contributed by atoms with Crippen molar-refractivity contribution < 1.29 is 4.79 Å². The summed E-state index contributed by atoms with van der Waals surface area (Å²) in [5.74, 6) is 0.250. The largest absolute Gasteiger partial charge is 0.356 e. The first-order valence-corrected chi connectivity index (χ1v) is 13.7. The van der Waals surface area contributed by atoms with Crippen LogP contribution in [-0.2, 0) is 24.3 Å². The molecule has 0 aliphatic heterocycles. The van der Waals surface area contributed by atoms with E-state index in [1.807, 2.05) is 48.5 Å². The maximum absolute atomic E-state index is 13.6. The number of rotatable bonds is 8. The van der Waals surface area contributed by atoms with Crippen LogP contribution in [0.5, 0.6) is 0 Å². The molecule has 0 bridgehead atoms. The van der Waals surface area contributed by atoms with E-state index in [9.17, 15) is 14.4 Å². The van der Waals surface area contributed by atoms with Crippen molar-refractivity contribution in [2.45, 2.75) is 45.2 Å². The van der Waals surface area contributed by atoms with E-state index in [0.29, 0.717) is 29.0 Å². The van der Waals surface area contributed by atoms with Crippen LogP contribution in [0.25, 0.3) is 10.9 Å². The van der Waals surface area contributed by atoms with Gasteiger partial charge in [-0.15, -0.1) is 0 Å². The third-order valence-corrected chi connectivity index (χ3v) is 8.00. The lowest BCUT2D eigenvalue weighted by Gasteiger charge is -2.28. The van der Waals surface area contributed by atoms with E-state index in [-0.39, 0.29) is 35.5 Å². The molecule has 1 aromatic heterocycles. The first-order chi connectivity index (χ1) is 18.5. The number of hydrogen-bond donors (Lipinski definition) is 1. The molecule has 1 aliphatic carbocycles. The van der Waals surface area contributed by atoms with Gasteiger partial charge in [-0.05, 0) is 67.3 Å². The molecule has 1 heterocycles. The second-order valence-corrected chi connectivity index (χ2v) is 10.5. The van der Waals surface area contributed by atoms with Crippen LogP contribution in [0.3, 0.4) is 0 Å². The molecule has 0 spiro atoms. The molecule has 0 radical (unpaired) electrons. The minimum Gasteiger partial charge on any atom is -0.356 e. The summed E-state index contributed by atoms with van der Waals surface area (Å²) in [7, 11) is 0. The molecule has 5 rings (SSSR count). The Kier molecular flexibility index (Phi) is 8.08. The average Bonchev–Trinajstić information content (AvgIpc) is 2.95. The summed E-state index contributed by atoms with van der Waals surface area (Å²) in [4.78, 5) is 39.7. The van der Waals surface area contributed by atoms with E-state index in [2.05, 4.69) is 17.4 Å². The van der Waals surface area contributed by atoms with Crippen molar-refractivity contribution in [3.05, 3.63) is 116 Å². The number of amides is 1. The normalized spacial score (nSPS) is 17.4. The molecule has 7 heteroatoms. The first kappa shape index (κ1) is 26.0. The van der Waals surface area contributed by atoms with Crippen molar-refractivity contribution in [3.63, 3.8) is 0 Å². The number of para-hydroxylation sites is 1. The fraction of sp³-hybridized carbons (Fsp3) is 0.323. The SMILES string of the molecule is O=C(NCCc1ccccc1)C1CCC(Cn2c(=O)c3ccccc3n(Cc3ccccc3Cl)c2=O)CC1. The Hall–Kier alpha value is -3.64. The zero-order valence-corrected chi connectivity index (χ0v) is 22.1. The number of hydrogen-bond acceptors (Lipinski definition) is 3. The van der Waals surface area contributed by atoms with Gasteiger partial charge in [-0.1, -0.05) is 72.3 Å². The number of benzene rings is 3. The van der Waals surface area contributed by atoms with Gasteiger partial charge in [0.2, 0.25) is 5.91 Å². The monoisotopic (exact) mass is 529 g/mol. The van der Waals surface area contributed by atoms with Gasteiger partial charge in [-0.2, -0.15) is 0 Å². The fourth-order valence-corrected chi connectivity index (χ4v) is 5.66. The Labute approximate surface area is 226 Å². The molecule has 196 valence electrons. The van der Waals surface area contributed by atoms with Crippen LogP contribution in [0.2, 0.25) is 5.02 Å². The second kappa shape index (κ2) is 11.8. The average molecular weight is 530 g/mol. The highest BCUT2D eigenvalue weighted by molar-refractivity contribution is 6.31. The van der Waals surface area contributed by atoms with Crippen LogP contribution < -0.4 is 16.6 Å². The first-order valence-electron chi connectivity index (χ1n) is 13.3. The van der Waals surface area contributed by atoms with E-state index >= 15 is 0 Å². The van der Waals surface area contributed by atoms with Crippen LogP contribution in [0.15, 0.2) is 88.5 Å². The van der Waals surface area contributed by atoms with Crippen molar-refractivity contribution >= 4 is 28.4 Å². The molecule has 0 saturated heterocycles. The minimum atomic E-state index is -0.325. The van der Waals surface area contributed by atoms with Gasteiger partial charge in [0, 0.05) is 24.0 Å².